The summed E-state index contributed by atoms with van der Waals surface area (Å²) in [6, 6.07) is 0. The van der Waals surface area contributed by atoms with E-state index in [0.29, 0.717) is 0 Å². The fraction of sp³-hybridized carbons (Fsp3) is 0.562. The molecule has 98 valence electrons. The van der Waals surface area contributed by atoms with Crippen LogP contribution < -0.4 is 0 Å². The van der Waals surface area contributed by atoms with Crippen LogP contribution in [-0.2, 0) is 4.79 Å². The first-order chi connectivity index (χ1) is 8.66. The van der Waals surface area contributed by atoms with Gasteiger partial charge in [0.05, 0.1) is 0 Å². The van der Waals surface area contributed by atoms with Crippen molar-refractivity contribution in [3.05, 3.63) is 12.7 Å². The molecule has 1 unspecified atom stereocenters. The number of hydrogen-bond acceptors (Lipinski definition) is 2. The van der Waals surface area contributed by atoms with Crippen molar-refractivity contribution >= 4 is 5.78 Å². The number of unbranched alkanes of at least 4 members (excludes halogenated alkanes) is 5. The number of ketones is 1. The van der Waals surface area contributed by atoms with Crippen molar-refractivity contribution in [1.29, 1.82) is 0 Å². The maximum Gasteiger partial charge on any atom is 0.133 e. The second-order valence-electron chi connectivity index (χ2n) is 4.23. The van der Waals surface area contributed by atoms with Gasteiger partial charge in [-0.15, -0.1) is 6.58 Å². The van der Waals surface area contributed by atoms with Crippen molar-refractivity contribution in [3.63, 3.8) is 0 Å². The van der Waals surface area contributed by atoms with Gasteiger partial charge in [0.25, 0.3) is 0 Å². The number of allylic oxidation sites excluding steroid dienone is 1. The van der Waals surface area contributed by atoms with E-state index < -0.39 is 6.10 Å². The molecule has 0 radical (unpaired) electrons. The molecule has 0 aromatic rings. The largest absolute Gasteiger partial charge is 0.380 e. The lowest BCUT2D eigenvalue weighted by atomic mass is 10.1. The van der Waals surface area contributed by atoms with E-state index in [9.17, 15) is 9.90 Å². The Balaban J connectivity index is 3.57. The van der Waals surface area contributed by atoms with Crippen molar-refractivity contribution in [1.82, 2.24) is 0 Å². The van der Waals surface area contributed by atoms with Crippen LogP contribution in [0.2, 0.25) is 0 Å². The molecule has 0 saturated carbocycles. The van der Waals surface area contributed by atoms with E-state index in [4.69, 9.17) is 0 Å². The van der Waals surface area contributed by atoms with Gasteiger partial charge in [-0.1, -0.05) is 30.8 Å². The molecule has 0 aliphatic rings. The predicted octanol–water partition coefficient (Wildman–Crippen LogP) is 2.86. The van der Waals surface area contributed by atoms with Gasteiger partial charge >= 0.3 is 0 Å². The Morgan fingerprint density at radius 3 is 2.67 bits per heavy atom. The van der Waals surface area contributed by atoms with Gasteiger partial charge < -0.3 is 5.11 Å². The summed E-state index contributed by atoms with van der Waals surface area (Å²) in [7, 11) is 0. The zero-order valence-corrected chi connectivity index (χ0v) is 11.2. The first kappa shape index (κ1) is 16.5. The Kier molecular flexibility index (Phi) is 11.0. The van der Waals surface area contributed by atoms with E-state index >= 15 is 0 Å². The molecule has 0 saturated heterocycles. The molecule has 0 aliphatic heterocycles. The zero-order chi connectivity index (χ0) is 13.6. The molecule has 0 aromatic heterocycles. The van der Waals surface area contributed by atoms with Gasteiger partial charge in [-0.05, 0) is 38.0 Å². The Bertz CT molecular complexity index is 360. The summed E-state index contributed by atoms with van der Waals surface area (Å²) in [6.07, 6.45) is 7.77. The summed E-state index contributed by atoms with van der Waals surface area (Å²) in [5, 5.41) is 9.27. The molecule has 0 rings (SSSR count). The Morgan fingerprint density at radius 1 is 1.28 bits per heavy atom. The van der Waals surface area contributed by atoms with E-state index in [2.05, 4.69) is 30.3 Å². The topological polar surface area (TPSA) is 37.3 Å². The van der Waals surface area contributed by atoms with Gasteiger partial charge in [0.1, 0.15) is 11.9 Å². The maximum atomic E-state index is 10.7. The van der Waals surface area contributed by atoms with Crippen LogP contribution in [0.5, 0.6) is 0 Å². The van der Waals surface area contributed by atoms with Crippen molar-refractivity contribution in [3.8, 4) is 23.7 Å². The fourth-order valence-electron chi connectivity index (χ4n) is 1.41. The summed E-state index contributed by atoms with van der Waals surface area (Å²) in [5.74, 6) is 10.7. The zero-order valence-electron chi connectivity index (χ0n) is 11.2. The molecule has 18 heavy (non-hydrogen) atoms. The molecule has 1 atom stereocenters. The van der Waals surface area contributed by atoms with Gasteiger partial charge in [0.2, 0.25) is 0 Å². The second kappa shape index (κ2) is 12.0. The first-order valence-electron chi connectivity index (χ1n) is 6.43. The lowest BCUT2D eigenvalue weighted by molar-refractivity contribution is -0.118. The molecule has 0 spiro atoms. The van der Waals surface area contributed by atoms with Gasteiger partial charge in [0, 0.05) is 12.8 Å². The van der Waals surface area contributed by atoms with E-state index in [1.807, 2.05) is 6.08 Å². The molecule has 0 fully saturated rings. The number of Topliss-reactive ketones (excluding diaryl/α,β-unsaturated/α-hetero) is 1. The summed E-state index contributed by atoms with van der Waals surface area (Å²) in [4.78, 5) is 10.7. The fourth-order valence-corrected chi connectivity index (χ4v) is 1.41. The normalized spacial score (nSPS) is 10.6. The number of carbonyl (C=O) groups is 1. The van der Waals surface area contributed by atoms with Gasteiger partial charge in [0.15, 0.2) is 0 Å². The minimum absolute atomic E-state index is 0.0655. The highest BCUT2D eigenvalue weighted by Gasteiger charge is 2.01. The van der Waals surface area contributed by atoms with Crippen molar-refractivity contribution in [2.24, 2.45) is 0 Å². The average Bonchev–Trinajstić information content (AvgIpc) is 2.30. The van der Waals surface area contributed by atoms with Gasteiger partial charge in [-0.25, -0.2) is 0 Å². The standard InChI is InChI=1S/C16H22O2/c1-3-4-5-6-7-8-9-10-11-12-13-16(18)14-15(2)17/h3,16,18H,1,4-9,14H2,2H3. The Hall–Kier alpha value is -1.51. The van der Waals surface area contributed by atoms with E-state index in [0.717, 1.165) is 19.3 Å². The third-order valence-electron chi connectivity index (χ3n) is 2.33. The Morgan fingerprint density at radius 2 is 2.00 bits per heavy atom. The minimum Gasteiger partial charge on any atom is -0.380 e. The van der Waals surface area contributed by atoms with E-state index in [1.54, 1.807) is 0 Å². The summed E-state index contributed by atoms with van der Waals surface area (Å²) < 4.78 is 0. The third kappa shape index (κ3) is 12.6. The van der Waals surface area contributed by atoms with Crippen LogP contribution in [0.3, 0.4) is 0 Å². The molecule has 0 amide bonds. The van der Waals surface area contributed by atoms with E-state index in [-0.39, 0.29) is 12.2 Å². The van der Waals surface area contributed by atoms with Crippen LogP contribution in [0.25, 0.3) is 0 Å². The molecule has 2 heteroatoms. The lowest BCUT2D eigenvalue weighted by Gasteiger charge is -1.95. The highest BCUT2D eigenvalue weighted by atomic mass is 16.3. The minimum atomic E-state index is -0.879. The van der Waals surface area contributed by atoms with Crippen LogP contribution >= 0.6 is 0 Å². The number of hydrogen-bond donors (Lipinski definition) is 1. The SMILES string of the molecule is C=CCCCCCCC#CC#CC(O)CC(C)=O. The number of rotatable bonds is 8. The van der Waals surface area contributed by atoms with Crippen molar-refractivity contribution in [2.45, 2.75) is 58.0 Å². The average molecular weight is 246 g/mol. The van der Waals surface area contributed by atoms with Crippen LogP contribution in [0.1, 0.15) is 51.9 Å². The number of carbonyl (C=O) groups excluding carboxylic acids is 1. The Labute approximate surface area is 110 Å². The molecule has 0 bridgehead atoms. The quantitative estimate of drug-likeness (QED) is 0.406. The van der Waals surface area contributed by atoms with E-state index in [1.165, 1.54) is 26.2 Å². The summed E-state index contributed by atoms with van der Waals surface area (Å²) in [5.41, 5.74) is 0. The monoisotopic (exact) mass is 246 g/mol. The third-order valence-corrected chi connectivity index (χ3v) is 2.33. The first-order valence-corrected chi connectivity index (χ1v) is 6.43. The molecule has 1 N–H and O–H groups in total. The van der Waals surface area contributed by atoms with Crippen molar-refractivity contribution in [2.75, 3.05) is 0 Å². The van der Waals surface area contributed by atoms with Crippen LogP contribution in [0, 0.1) is 23.7 Å². The highest BCUT2D eigenvalue weighted by molar-refractivity contribution is 5.76. The number of aliphatic hydroxyl groups is 1. The lowest BCUT2D eigenvalue weighted by Crippen LogP contribution is -2.07. The number of aliphatic hydroxyl groups excluding tert-OH is 1. The summed E-state index contributed by atoms with van der Waals surface area (Å²) >= 11 is 0. The maximum absolute atomic E-state index is 10.7. The predicted molar refractivity (Wildman–Crippen MR) is 74.8 cm³/mol. The van der Waals surface area contributed by atoms with Crippen molar-refractivity contribution < 1.29 is 9.90 Å². The molecule has 0 aromatic carbocycles. The van der Waals surface area contributed by atoms with Crippen LogP contribution in [0.4, 0.5) is 0 Å². The van der Waals surface area contributed by atoms with Gasteiger partial charge in [-0.3, -0.25) is 4.79 Å². The highest BCUT2D eigenvalue weighted by Crippen LogP contribution is 2.04. The molecule has 2 nitrogen and oxygen atoms in total. The van der Waals surface area contributed by atoms with Crippen LogP contribution in [-0.4, -0.2) is 17.0 Å². The van der Waals surface area contributed by atoms with Crippen LogP contribution in [0.15, 0.2) is 12.7 Å². The molecule has 0 aliphatic carbocycles. The molecule has 0 heterocycles. The second-order valence-corrected chi connectivity index (χ2v) is 4.23. The van der Waals surface area contributed by atoms with Gasteiger partial charge in [-0.2, -0.15) is 0 Å². The smallest absolute Gasteiger partial charge is 0.133 e. The summed E-state index contributed by atoms with van der Waals surface area (Å²) in [6.45, 7) is 5.11. The molecular weight excluding hydrogens is 224 g/mol. The molecular formula is C16H22O2.